The van der Waals surface area contributed by atoms with Gasteiger partial charge in [-0.25, -0.2) is 0 Å². The molecule has 1 aromatic carbocycles. The number of amides is 1. The van der Waals surface area contributed by atoms with Crippen molar-refractivity contribution in [3.05, 3.63) is 48.0 Å². The molecule has 19 heavy (non-hydrogen) atoms. The molecule has 1 fully saturated rings. The van der Waals surface area contributed by atoms with E-state index < -0.39 is 0 Å². The van der Waals surface area contributed by atoms with E-state index >= 15 is 0 Å². The maximum Gasteiger partial charge on any atom is 0.298 e. The maximum absolute atomic E-state index is 12.0. The van der Waals surface area contributed by atoms with Crippen molar-refractivity contribution in [3.8, 4) is 12.3 Å². The number of carbonyl (C=O) groups excluding carboxylic acids is 1. The van der Waals surface area contributed by atoms with E-state index in [4.69, 9.17) is 6.42 Å². The van der Waals surface area contributed by atoms with Crippen LogP contribution in [0.4, 0.5) is 0 Å². The molecule has 3 rings (SSSR count). The molecule has 0 aliphatic heterocycles. The van der Waals surface area contributed by atoms with Crippen molar-refractivity contribution < 1.29 is 4.79 Å². The standard InChI is InChI=1S/C17H17NO/c1-2-17(19)18(12-13-6-4-3-5-7-13)16-11-14-8-9-15(16)10-14/h1,3-9,14-16H,10-12H2. The van der Waals surface area contributed by atoms with Gasteiger partial charge in [-0.3, -0.25) is 4.79 Å². The Kier molecular flexibility index (Phi) is 3.13. The number of allylic oxidation sites excluding steroid dienone is 1. The fourth-order valence-electron chi connectivity index (χ4n) is 3.31. The minimum atomic E-state index is -0.185. The number of terminal acetylenes is 1. The summed E-state index contributed by atoms with van der Waals surface area (Å²) in [7, 11) is 0. The molecule has 2 nitrogen and oxygen atoms in total. The molecule has 0 N–H and O–H groups in total. The minimum absolute atomic E-state index is 0.185. The summed E-state index contributed by atoms with van der Waals surface area (Å²) in [5, 5.41) is 0. The topological polar surface area (TPSA) is 20.3 Å². The molecule has 3 unspecified atom stereocenters. The number of nitrogens with zero attached hydrogens (tertiary/aromatic N) is 1. The van der Waals surface area contributed by atoms with Crippen molar-refractivity contribution >= 4 is 5.91 Å². The van der Waals surface area contributed by atoms with Crippen LogP contribution in [-0.2, 0) is 11.3 Å². The molecule has 96 valence electrons. The Labute approximate surface area is 114 Å². The summed E-state index contributed by atoms with van der Waals surface area (Å²) in [4.78, 5) is 13.9. The Morgan fingerprint density at radius 3 is 2.63 bits per heavy atom. The predicted molar refractivity (Wildman–Crippen MR) is 75.0 cm³/mol. The molecule has 1 saturated carbocycles. The second-order valence-corrected chi connectivity index (χ2v) is 5.41. The van der Waals surface area contributed by atoms with Crippen molar-refractivity contribution in [2.75, 3.05) is 0 Å². The lowest BCUT2D eigenvalue weighted by Crippen LogP contribution is -2.41. The number of carbonyl (C=O) groups is 1. The van der Waals surface area contributed by atoms with E-state index in [2.05, 4.69) is 18.1 Å². The molecule has 0 radical (unpaired) electrons. The van der Waals surface area contributed by atoms with Gasteiger partial charge in [-0.05, 0) is 36.2 Å². The van der Waals surface area contributed by atoms with Crippen molar-refractivity contribution in [3.63, 3.8) is 0 Å². The second kappa shape index (κ2) is 4.93. The first kappa shape index (κ1) is 12.0. The Bertz CT molecular complexity index is 540. The molecule has 0 saturated heterocycles. The van der Waals surface area contributed by atoms with Crippen LogP contribution in [0.5, 0.6) is 0 Å². The monoisotopic (exact) mass is 251 g/mol. The highest BCUT2D eigenvalue weighted by Gasteiger charge is 2.40. The molecule has 2 aliphatic carbocycles. The van der Waals surface area contributed by atoms with Crippen LogP contribution >= 0.6 is 0 Å². The molecule has 0 spiro atoms. The first-order valence-corrected chi connectivity index (χ1v) is 6.77. The van der Waals surface area contributed by atoms with Gasteiger partial charge < -0.3 is 4.90 Å². The van der Waals surface area contributed by atoms with Gasteiger partial charge in [0, 0.05) is 12.6 Å². The Balaban J connectivity index is 1.81. The van der Waals surface area contributed by atoms with E-state index in [0.717, 1.165) is 12.0 Å². The first-order valence-electron chi connectivity index (χ1n) is 6.77. The number of fused-ring (bicyclic) bond motifs is 2. The summed E-state index contributed by atoms with van der Waals surface area (Å²) >= 11 is 0. The lowest BCUT2D eigenvalue weighted by Gasteiger charge is -2.31. The molecule has 2 aliphatic rings. The van der Waals surface area contributed by atoms with Gasteiger partial charge in [-0.15, -0.1) is 6.42 Å². The zero-order valence-corrected chi connectivity index (χ0v) is 10.8. The molecule has 2 heteroatoms. The van der Waals surface area contributed by atoms with Gasteiger partial charge in [-0.1, -0.05) is 42.5 Å². The third kappa shape index (κ3) is 2.29. The third-order valence-electron chi connectivity index (χ3n) is 4.22. The molecular formula is C17H17NO. The smallest absolute Gasteiger partial charge is 0.298 e. The molecular weight excluding hydrogens is 234 g/mol. The van der Waals surface area contributed by atoms with Gasteiger partial charge in [0.1, 0.15) is 0 Å². The molecule has 3 atom stereocenters. The van der Waals surface area contributed by atoms with E-state index in [9.17, 15) is 4.79 Å². The van der Waals surface area contributed by atoms with Crippen LogP contribution in [0.3, 0.4) is 0 Å². The third-order valence-corrected chi connectivity index (χ3v) is 4.22. The zero-order chi connectivity index (χ0) is 13.2. The summed E-state index contributed by atoms with van der Waals surface area (Å²) in [5.74, 6) is 3.23. The van der Waals surface area contributed by atoms with Crippen molar-refractivity contribution in [1.82, 2.24) is 4.90 Å². The first-order chi connectivity index (χ1) is 9.28. The molecule has 1 amide bonds. The number of benzene rings is 1. The van der Waals surface area contributed by atoms with Crippen LogP contribution < -0.4 is 0 Å². The second-order valence-electron chi connectivity index (χ2n) is 5.41. The fraction of sp³-hybridized carbons (Fsp3) is 0.353. The van der Waals surface area contributed by atoms with Gasteiger partial charge >= 0.3 is 0 Å². The van der Waals surface area contributed by atoms with E-state index in [-0.39, 0.29) is 11.9 Å². The highest BCUT2D eigenvalue weighted by atomic mass is 16.2. The SMILES string of the molecule is C#CC(=O)N(Cc1ccccc1)C1CC2C=CC1C2. The van der Waals surface area contributed by atoms with E-state index in [0.29, 0.717) is 18.4 Å². The van der Waals surface area contributed by atoms with Crippen LogP contribution in [0, 0.1) is 24.2 Å². The van der Waals surface area contributed by atoms with Crippen molar-refractivity contribution in [1.29, 1.82) is 0 Å². The Hall–Kier alpha value is -2.01. The van der Waals surface area contributed by atoms with Crippen molar-refractivity contribution in [2.45, 2.75) is 25.4 Å². The van der Waals surface area contributed by atoms with Gasteiger partial charge in [0.2, 0.25) is 0 Å². The van der Waals surface area contributed by atoms with E-state index in [1.807, 2.05) is 35.2 Å². The molecule has 2 bridgehead atoms. The summed E-state index contributed by atoms with van der Waals surface area (Å²) in [5.41, 5.74) is 1.14. The number of hydrogen-bond donors (Lipinski definition) is 0. The highest BCUT2D eigenvalue weighted by Crippen LogP contribution is 2.42. The summed E-state index contributed by atoms with van der Waals surface area (Å²) in [6.07, 6.45) is 12.1. The fourth-order valence-corrected chi connectivity index (χ4v) is 3.31. The van der Waals surface area contributed by atoms with Gasteiger partial charge in [-0.2, -0.15) is 0 Å². The molecule has 0 heterocycles. The highest BCUT2D eigenvalue weighted by molar-refractivity contribution is 5.93. The van der Waals surface area contributed by atoms with Crippen LogP contribution in [0.2, 0.25) is 0 Å². The largest absolute Gasteiger partial charge is 0.324 e. The van der Waals surface area contributed by atoms with E-state index in [1.54, 1.807) is 0 Å². The normalized spacial score (nSPS) is 27.2. The van der Waals surface area contributed by atoms with Crippen LogP contribution in [0.15, 0.2) is 42.5 Å². The van der Waals surface area contributed by atoms with Crippen LogP contribution in [0.1, 0.15) is 18.4 Å². The van der Waals surface area contributed by atoms with E-state index in [1.165, 1.54) is 6.42 Å². The summed E-state index contributed by atoms with van der Waals surface area (Å²) in [6, 6.07) is 10.3. The number of rotatable bonds is 3. The lowest BCUT2D eigenvalue weighted by atomic mass is 9.99. The molecule has 0 aromatic heterocycles. The van der Waals surface area contributed by atoms with Gasteiger partial charge in [0.05, 0.1) is 0 Å². The van der Waals surface area contributed by atoms with Gasteiger partial charge in [0.25, 0.3) is 5.91 Å². The predicted octanol–water partition coefficient (Wildman–Crippen LogP) is 2.61. The zero-order valence-electron chi connectivity index (χ0n) is 10.8. The summed E-state index contributed by atoms with van der Waals surface area (Å²) in [6.45, 7) is 0.617. The number of hydrogen-bond acceptors (Lipinski definition) is 1. The maximum atomic E-state index is 12.0. The Morgan fingerprint density at radius 1 is 1.26 bits per heavy atom. The summed E-state index contributed by atoms with van der Waals surface area (Å²) < 4.78 is 0. The Morgan fingerprint density at radius 2 is 2.05 bits per heavy atom. The average Bonchev–Trinajstić information content (AvgIpc) is 3.07. The van der Waals surface area contributed by atoms with Gasteiger partial charge in [0.15, 0.2) is 0 Å². The minimum Gasteiger partial charge on any atom is -0.324 e. The average molecular weight is 251 g/mol. The van der Waals surface area contributed by atoms with Crippen molar-refractivity contribution in [2.24, 2.45) is 11.8 Å². The quantitative estimate of drug-likeness (QED) is 0.597. The lowest BCUT2D eigenvalue weighted by molar-refractivity contribution is -0.128. The van der Waals surface area contributed by atoms with Crippen LogP contribution in [-0.4, -0.2) is 16.8 Å². The van der Waals surface area contributed by atoms with Crippen LogP contribution in [0.25, 0.3) is 0 Å². The molecule has 1 aromatic rings.